The van der Waals surface area contributed by atoms with Crippen LogP contribution < -0.4 is 20.9 Å². The summed E-state index contributed by atoms with van der Waals surface area (Å²) in [5.41, 5.74) is 1.57. The Morgan fingerprint density at radius 1 is 1.18 bits per heavy atom. The molecule has 8 nitrogen and oxygen atoms in total. The van der Waals surface area contributed by atoms with Gasteiger partial charge >= 0.3 is 0 Å². The Bertz CT molecular complexity index is 1060. The second-order valence-corrected chi connectivity index (χ2v) is 8.63. The van der Waals surface area contributed by atoms with Crippen LogP contribution in [0.15, 0.2) is 36.5 Å². The van der Waals surface area contributed by atoms with Crippen molar-refractivity contribution in [1.29, 1.82) is 0 Å². The van der Waals surface area contributed by atoms with Gasteiger partial charge in [-0.3, -0.25) is 19.3 Å². The van der Waals surface area contributed by atoms with E-state index in [0.29, 0.717) is 5.82 Å². The van der Waals surface area contributed by atoms with Crippen molar-refractivity contribution in [2.45, 2.75) is 52.2 Å². The van der Waals surface area contributed by atoms with Crippen molar-refractivity contribution in [3.8, 4) is 0 Å². The second-order valence-electron chi connectivity index (χ2n) is 8.63. The third-order valence-corrected chi connectivity index (χ3v) is 5.80. The minimum atomic E-state index is -0.929. The highest BCUT2D eigenvalue weighted by molar-refractivity contribution is 6.09. The number of fused-ring (bicyclic) bond motifs is 1. The van der Waals surface area contributed by atoms with Crippen LogP contribution >= 0.6 is 0 Å². The minimum absolute atomic E-state index is 0.0490. The molecule has 1 aliphatic heterocycles. The molecule has 0 saturated carbocycles. The van der Waals surface area contributed by atoms with Crippen molar-refractivity contribution in [2.75, 3.05) is 17.3 Å². The number of benzene rings is 1. The normalized spacial score (nSPS) is 16.8. The summed E-state index contributed by atoms with van der Waals surface area (Å²) in [6, 6.07) is 5.68. The number of carbonyl (C=O) groups is 3. The lowest BCUT2D eigenvalue weighted by Gasteiger charge is -2.31. The van der Waals surface area contributed by atoms with Crippen LogP contribution in [-0.4, -0.2) is 47.9 Å². The number of nitrogens with zero attached hydrogens (tertiary/aromatic N) is 2. The molecule has 1 aromatic carbocycles. The second kappa shape index (κ2) is 10.1. The number of pyridine rings is 1. The fourth-order valence-electron chi connectivity index (χ4n) is 3.75. The van der Waals surface area contributed by atoms with Gasteiger partial charge < -0.3 is 16.0 Å². The Morgan fingerprint density at radius 2 is 1.91 bits per heavy atom. The van der Waals surface area contributed by atoms with Gasteiger partial charge in [-0.1, -0.05) is 26.0 Å². The number of aromatic nitrogens is 1. The number of likely N-dealkylation sites (N-methyl/N-ethyl adjacent to an activating group) is 1. The van der Waals surface area contributed by atoms with Crippen LogP contribution in [0.2, 0.25) is 0 Å². The third kappa shape index (κ3) is 5.19. The standard InChI is InChI=1S/C24H30FN5O3/c1-13(2)20(29-22(31)15(4)26-5)24(33)30-19(12-16-7-6-10-27-21(16)30)23(32)28-18-11-14(3)8-9-17(18)25/h6-11,13,15,19-20,26H,12H2,1-5H3,(H,28,32)(H,29,31)/t15-,19-,20?/m0/s1. The van der Waals surface area contributed by atoms with Crippen molar-refractivity contribution in [3.05, 3.63) is 53.5 Å². The number of halogens is 1. The van der Waals surface area contributed by atoms with Crippen molar-refractivity contribution < 1.29 is 18.8 Å². The monoisotopic (exact) mass is 455 g/mol. The van der Waals surface area contributed by atoms with Crippen LogP contribution in [0.4, 0.5) is 15.9 Å². The number of hydrogen-bond acceptors (Lipinski definition) is 5. The third-order valence-electron chi connectivity index (χ3n) is 5.80. The number of rotatable bonds is 7. The molecule has 1 aromatic heterocycles. The fourth-order valence-corrected chi connectivity index (χ4v) is 3.75. The van der Waals surface area contributed by atoms with Gasteiger partial charge in [-0.25, -0.2) is 9.37 Å². The van der Waals surface area contributed by atoms with E-state index in [1.165, 1.54) is 17.0 Å². The molecule has 0 bridgehead atoms. The highest BCUT2D eigenvalue weighted by atomic mass is 19.1. The Labute approximate surface area is 193 Å². The maximum Gasteiger partial charge on any atom is 0.251 e. The van der Waals surface area contributed by atoms with Gasteiger partial charge in [-0.15, -0.1) is 0 Å². The van der Waals surface area contributed by atoms with Crippen LogP contribution in [0.5, 0.6) is 0 Å². The lowest BCUT2D eigenvalue weighted by Crippen LogP contribution is -2.57. The predicted molar refractivity (Wildman–Crippen MR) is 124 cm³/mol. The van der Waals surface area contributed by atoms with E-state index in [1.807, 2.05) is 13.8 Å². The highest BCUT2D eigenvalue weighted by Crippen LogP contribution is 2.32. The number of nitrogens with one attached hydrogen (secondary N) is 3. The van der Waals surface area contributed by atoms with Gasteiger partial charge in [0.1, 0.15) is 23.7 Å². The van der Waals surface area contributed by atoms with E-state index in [1.54, 1.807) is 45.3 Å². The molecule has 3 rings (SSSR count). The maximum atomic E-state index is 14.3. The molecule has 2 aromatic rings. The van der Waals surface area contributed by atoms with Gasteiger partial charge in [0.25, 0.3) is 5.91 Å². The van der Waals surface area contributed by atoms with E-state index in [0.717, 1.165) is 11.1 Å². The molecule has 0 fully saturated rings. The van der Waals surface area contributed by atoms with Crippen molar-refractivity contribution in [1.82, 2.24) is 15.6 Å². The van der Waals surface area contributed by atoms with Gasteiger partial charge in [0, 0.05) is 12.6 Å². The first-order valence-electron chi connectivity index (χ1n) is 11.0. The molecular weight excluding hydrogens is 425 g/mol. The molecule has 176 valence electrons. The molecule has 2 heterocycles. The lowest BCUT2D eigenvalue weighted by molar-refractivity contribution is -0.130. The molecule has 3 amide bonds. The summed E-state index contributed by atoms with van der Waals surface area (Å²) < 4.78 is 14.3. The van der Waals surface area contributed by atoms with Crippen molar-refractivity contribution in [3.63, 3.8) is 0 Å². The fraction of sp³-hybridized carbons (Fsp3) is 0.417. The summed E-state index contributed by atoms with van der Waals surface area (Å²) >= 11 is 0. The first-order valence-corrected chi connectivity index (χ1v) is 11.0. The van der Waals surface area contributed by atoms with Gasteiger partial charge in [-0.05, 0) is 56.1 Å². The summed E-state index contributed by atoms with van der Waals surface area (Å²) in [7, 11) is 1.65. The van der Waals surface area contributed by atoms with Gasteiger partial charge in [0.15, 0.2) is 0 Å². The SMILES string of the molecule is CN[C@@H](C)C(=O)NC(C(=O)N1c2ncccc2C[C@H]1C(=O)Nc1cc(C)ccc1F)C(C)C. The average molecular weight is 456 g/mol. The lowest BCUT2D eigenvalue weighted by atomic mass is 10.0. The molecule has 33 heavy (non-hydrogen) atoms. The number of carbonyl (C=O) groups excluding carboxylic acids is 3. The summed E-state index contributed by atoms with van der Waals surface area (Å²) in [6.45, 7) is 7.12. The molecule has 9 heteroatoms. The largest absolute Gasteiger partial charge is 0.343 e. The van der Waals surface area contributed by atoms with Crippen LogP contribution in [0.25, 0.3) is 0 Å². The molecule has 1 aliphatic rings. The van der Waals surface area contributed by atoms with E-state index in [2.05, 4.69) is 20.9 Å². The van der Waals surface area contributed by atoms with Crippen LogP contribution in [0, 0.1) is 18.7 Å². The number of aryl methyl sites for hydroxylation is 1. The molecule has 0 aliphatic carbocycles. The first kappa shape index (κ1) is 24.3. The molecule has 3 N–H and O–H groups in total. The molecule has 0 spiro atoms. The van der Waals surface area contributed by atoms with E-state index in [-0.39, 0.29) is 23.9 Å². The highest BCUT2D eigenvalue weighted by Gasteiger charge is 2.43. The van der Waals surface area contributed by atoms with E-state index >= 15 is 0 Å². The molecular formula is C24H30FN5O3. The topological polar surface area (TPSA) is 103 Å². The summed E-state index contributed by atoms with van der Waals surface area (Å²) in [6.07, 6.45) is 1.78. The number of amides is 3. The van der Waals surface area contributed by atoms with Gasteiger partial charge in [0.05, 0.1) is 11.7 Å². The average Bonchev–Trinajstić information content (AvgIpc) is 3.18. The number of hydrogen-bond donors (Lipinski definition) is 3. The molecule has 0 radical (unpaired) electrons. The van der Waals surface area contributed by atoms with Gasteiger partial charge in [-0.2, -0.15) is 0 Å². The summed E-state index contributed by atoms with van der Waals surface area (Å²) in [4.78, 5) is 45.1. The summed E-state index contributed by atoms with van der Waals surface area (Å²) in [5.74, 6) is -1.72. The molecule has 3 atom stereocenters. The van der Waals surface area contributed by atoms with Gasteiger partial charge in [0.2, 0.25) is 11.8 Å². The van der Waals surface area contributed by atoms with Crippen LogP contribution in [0.3, 0.4) is 0 Å². The summed E-state index contributed by atoms with van der Waals surface area (Å²) in [5, 5.41) is 8.25. The molecule has 1 unspecified atom stereocenters. The Hall–Kier alpha value is -3.33. The Morgan fingerprint density at radius 3 is 2.58 bits per heavy atom. The Balaban J connectivity index is 1.92. The zero-order valence-electron chi connectivity index (χ0n) is 19.5. The zero-order chi connectivity index (χ0) is 24.3. The first-order chi connectivity index (χ1) is 15.6. The maximum absolute atomic E-state index is 14.3. The number of anilines is 2. The van der Waals surface area contributed by atoms with Crippen molar-refractivity contribution >= 4 is 29.2 Å². The van der Waals surface area contributed by atoms with E-state index < -0.39 is 35.8 Å². The van der Waals surface area contributed by atoms with Crippen LogP contribution in [0.1, 0.15) is 31.9 Å². The van der Waals surface area contributed by atoms with Crippen molar-refractivity contribution in [2.24, 2.45) is 5.92 Å². The Kier molecular flexibility index (Phi) is 7.43. The quantitative estimate of drug-likeness (QED) is 0.594. The van der Waals surface area contributed by atoms with E-state index in [4.69, 9.17) is 0 Å². The van der Waals surface area contributed by atoms with E-state index in [9.17, 15) is 18.8 Å². The van der Waals surface area contributed by atoms with Crippen LogP contribution in [-0.2, 0) is 20.8 Å². The smallest absolute Gasteiger partial charge is 0.251 e. The minimum Gasteiger partial charge on any atom is -0.343 e. The zero-order valence-corrected chi connectivity index (χ0v) is 19.5. The predicted octanol–water partition coefficient (Wildman–Crippen LogP) is 2.17. The molecule has 0 saturated heterocycles.